The highest BCUT2D eigenvalue weighted by Crippen LogP contribution is 2.23. The first-order valence-electron chi connectivity index (χ1n) is 13.4. The van der Waals surface area contributed by atoms with Gasteiger partial charge in [0.05, 0.1) is 13.2 Å². The number of unbranched alkanes of at least 4 members (excludes halogenated alkanes) is 10. The number of hydrogen-bond acceptors (Lipinski definition) is 4. The molecular weight excluding hydrogens is 400 g/mol. The van der Waals surface area contributed by atoms with Gasteiger partial charge in [0.1, 0.15) is 0 Å². The van der Waals surface area contributed by atoms with Crippen molar-refractivity contribution in [1.29, 1.82) is 0 Å². The summed E-state index contributed by atoms with van der Waals surface area (Å²) >= 11 is 0. The Balaban J connectivity index is 5.36. The summed E-state index contributed by atoms with van der Waals surface area (Å²) in [7, 11) is 0. The highest BCUT2D eigenvalue weighted by Gasteiger charge is 2.23. The normalized spacial score (nSPS) is 12.2. The maximum atomic E-state index is 13.0. The zero-order valence-corrected chi connectivity index (χ0v) is 22.1. The largest absolute Gasteiger partial charge is 0.462 e. The van der Waals surface area contributed by atoms with E-state index in [1.165, 1.54) is 51.4 Å². The number of ether oxygens (including phenoxy) is 2. The van der Waals surface area contributed by atoms with Crippen LogP contribution in [0.4, 0.5) is 0 Å². The SMILES string of the molecule is CCCCCCCC/C(C(=O)OCC(C)C)=C(\CCCCCCCC)C(=O)OCC(C)C. The highest BCUT2D eigenvalue weighted by atomic mass is 16.5. The lowest BCUT2D eigenvalue weighted by Crippen LogP contribution is -2.20. The fourth-order valence-corrected chi connectivity index (χ4v) is 3.58. The van der Waals surface area contributed by atoms with E-state index in [9.17, 15) is 9.59 Å². The molecule has 0 heterocycles. The molecule has 0 rings (SSSR count). The van der Waals surface area contributed by atoms with Crippen LogP contribution < -0.4 is 0 Å². The summed E-state index contributed by atoms with van der Waals surface area (Å²) in [5.74, 6) is -0.113. The Hall–Kier alpha value is -1.32. The number of rotatable bonds is 20. The van der Waals surface area contributed by atoms with Crippen LogP contribution >= 0.6 is 0 Å². The average Bonchev–Trinajstić information content (AvgIpc) is 2.75. The van der Waals surface area contributed by atoms with Crippen LogP contribution in [0.2, 0.25) is 0 Å². The summed E-state index contributed by atoms with van der Waals surface area (Å²) in [6.45, 7) is 13.3. The van der Waals surface area contributed by atoms with Crippen LogP contribution in [-0.2, 0) is 19.1 Å². The second-order valence-electron chi connectivity index (χ2n) is 9.98. The molecule has 0 aliphatic carbocycles. The van der Waals surface area contributed by atoms with Crippen LogP contribution in [-0.4, -0.2) is 25.2 Å². The summed E-state index contributed by atoms with van der Waals surface area (Å²) in [5.41, 5.74) is 1.12. The van der Waals surface area contributed by atoms with Gasteiger partial charge in [-0.05, 0) is 37.5 Å². The third-order valence-electron chi connectivity index (χ3n) is 5.51. The van der Waals surface area contributed by atoms with Crippen LogP contribution in [0, 0.1) is 11.8 Å². The molecule has 0 N–H and O–H groups in total. The van der Waals surface area contributed by atoms with E-state index < -0.39 is 0 Å². The van der Waals surface area contributed by atoms with Crippen LogP contribution in [0.15, 0.2) is 11.1 Å². The number of esters is 2. The van der Waals surface area contributed by atoms with E-state index in [1.807, 2.05) is 27.7 Å². The van der Waals surface area contributed by atoms with E-state index in [0.717, 1.165) is 25.7 Å². The minimum atomic E-state index is -0.324. The lowest BCUT2D eigenvalue weighted by molar-refractivity contribution is -0.143. The second-order valence-corrected chi connectivity index (χ2v) is 9.98. The second kappa shape index (κ2) is 20.3. The average molecular weight is 453 g/mol. The molecule has 0 amide bonds. The Morgan fingerprint density at radius 3 is 1.16 bits per heavy atom. The summed E-state index contributed by atoms with van der Waals surface area (Å²) in [6, 6.07) is 0. The Labute approximate surface area is 198 Å². The van der Waals surface area contributed by atoms with Gasteiger partial charge >= 0.3 is 11.9 Å². The molecule has 0 fully saturated rings. The van der Waals surface area contributed by atoms with Gasteiger partial charge in [-0.15, -0.1) is 0 Å². The zero-order chi connectivity index (χ0) is 24.2. The summed E-state index contributed by atoms with van der Waals surface area (Å²) in [5, 5.41) is 0. The lowest BCUT2D eigenvalue weighted by Gasteiger charge is -2.16. The van der Waals surface area contributed by atoms with E-state index in [4.69, 9.17) is 9.47 Å². The van der Waals surface area contributed by atoms with Gasteiger partial charge in [-0.2, -0.15) is 0 Å². The third-order valence-corrected chi connectivity index (χ3v) is 5.51. The summed E-state index contributed by atoms with van der Waals surface area (Å²) < 4.78 is 11.1. The van der Waals surface area contributed by atoms with Crippen molar-refractivity contribution in [3.8, 4) is 0 Å². The molecule has 32 heavy (non-hydrogen) atoms. The molecule has 0 saturated carbocycles. The first kappa shape index (κ1) is 30.7. The first-order valence-corrected chi connectivity index (χ1v) is 13.4. The maximum Gasteiger partial charge on any atom is 0.334 e. The van der Waals surface area contributed by atoms with Crippen molar-refractivity contribution in [2.45, 2.75) is 131 Å². The fourth-order valence-electron chi connectivity index (χ4n) is 3.58. The van der Waals surface area contributed by atoms with Crippen molar-refractivity contribution in [2.75, 3.05) is 13.2 Å². The molecule has 0 aliphatic heterocycles. The molecule has 0 aromatic carbocycles. The van der Waals surface area contributed by atoms with Gasteiger partial charge in [0.2, 0.25) is 0 Å². The van der Waals surface area contributed by atoms with Gasteiger partial charge in [0.15, 0.2) is 0 Å². The van der Waals surface area contributed by atoms with E-state index >= 15 is 0 Å². The molecule has 0 aromatic heterocycles. The van der Waals surface area contributed by atoms with E-state index in [1.54, 1.807) is 0 Å². The number of hydrogen-bond donors (Lipinski definition) is 0. The smallest absolute Gasteiger partial charge is 0.334 e. The fraction of sp³-hybridized carbons (Fsp3) is 0.857. The molecule has 4 heteroatoms. The number of carbonyl (C=O) groups excluding carboxylic acids is 2. The zero-order valence-electron chi connectivity index (χ0n) is 22.1. The van der Waals surface area contributed by atoms with Crippen molar-refractivity contribution < 1.29 is 19.1 Å². The van der Waals surface area contributed by atoms with Gasteiger partial charge in [-0.3, -0.25) is 0 Å². The topological polar surface area (TPSA) is 52.6 Å². The first-order chi connectivity index (χ1) is 15.3. The monoisotopic (exact) mass is 452 g/mol. The maximum absolute atomic E-state index is 13.0. The van der Waals surface area contributed by atoms with Gasteiger partial charge in [0, 0.05) is 11.1 Å². The standard InChI is InChI=1S/C28H52O4/c1-7-9-11-13-15-17-19-25(27(29)31-21-23(3)4)26(28(30)32-22-24(5)6)20-18-16-14-12-10-8-2/h23-24H,7-22H2,1-6H3/b26-25-. The third kappa shape index (κ3) is 16.3. The summed E-state index contributed by atoms with van der Waals surface area (Å²) in [4.78, 5) is 26.0. The van der Waals surface area contributed by atoms with Crippen molar-refractivity contribution in [1.82, 2.24) is 0 Å². The van der Waals surface area contributed by atoms with Gasteiger partial charge in [-0.25, -0.2) is 9.59 Å². The lowest BCUT2D eigenvalue weighted by atomic mass is 9.96. The Morgan fingerprint density at radius 2 is 0.844 bits per heavy atom. The molecule has 0 atom stereocenters. The van der Waals surface area contributed by atoms with Crippen LogP contribution in [0.5, 0.6) is 0 Å². The molecule has 0 aliphatic rings. The van der Waals surface area contributed by atoms with Gasteiger partial charge < -0.3 is 9.47 Å². The van der Waals surface area contributed by atoms with E-state index in [-0.39, 0.29) is 23.8 Å². The molecule has 188 valence electrons. The van der Waals surface area contributed by atoms with E-state index in [2.05, 4.69) is 13.8 Å². The van der Waals surface area contributed by atoms with Crippen molar-refractivity contribution >= 4 is 11.9 Å². The van der Waals surface area contributed by atoms with Crippen LogP contribution in [0.1, 0.15) is 131 Å². The molecule has 4 nitrogen and oxygen atoms in total. The Kier molecular flexibility index (Phi) is 19.5. The van der Waals surface area contributed by atoms with Gasteiger partial charge in [0.25, 0.3) is 0 Å². The molecule has 0 spiro atoms. The predicted octanol–water partition coefficient (Wildman–Crippen LogP) is 8.18. The molecule has 0 unspecified atom stereocenters. The number of carbonyl (C=O) groups is 2. The Bertz CT molecular complexity index is 474. The molecular formula is C28H52O4. The Morgan fingerprint density at radius 1 is 0.531 bits per heavy atom. The van der Waals surface area contributed by atoms with E-state index in [0.29, 0.717) is 37.2 Å². The quantitative estimate of drug-likeness (QED) is 0.106. The predicted molar refractivity (Wildman–Crippen MR) is 135 cm³/mol. The van der Waals surface area contributed by atoms with Crippen molar-refractivity contribution in [3.05, 3.63) is 11.1 Å². The van der Waals surface area contributed by atoms with Crippen LogP contribution in [0.3, 0.4) is 0 Å². The molecule has 0 saturated heterocycles. The van der Waals surface area contributed by atoms with Crippen molar-refractivity contribution in [2.24, 2.45) is 11.8 Å². The minimum absolute atomic E-state index is 0.268. The minimum Gasteiger partial charge on any atom is -0.462 e. The van der Waals surface area contributed by atoms with Gasteiger partial charge in [-0.1, -0.05) is 106 Å². The highest BCUT2D eigenvalue weighted by molar-refractivity contribution is 6.00. The molecule has 0 bridgehead atoms. The summed E-state index contributed by atoms with van der Waals surface area (Å²) in [6.07, 6.45) is 14.9. The molecule has 0 radical (unpaired) electrons. The van der Waals surface area contributed by atoms with Crippen LogP contribution in [0.25, 0.3) is 0 Å². The molecule has 0 aromatic rings. The van der Waals surface area contributed by atoms with Crippen molar-refractivity contribution in [3.63, 3.8) is 0 Å².